The average molecular weight is 248 g/mol. The molecule has 88 valence electrons. The average Bonchev–Trinajstić information content (AvgIpc) is 2.40. The van der Waals surface area contributed by atoms with Gasteiger partial charge in [-0.25, -0.2) is 0 Å². The van der Waals surface area contributed by atoms with Crippen LogP contribution in [0.2, 0.25) is 0 Å². The number of hydrogen-bond acceptors (Lipinski definition) is 2. The molecule has 0 amide bonds. The molecule has 0 N–H and O–H groups in total. The Morgan fingerprint density at radius 3 is 2.53 bits per heavy atom. The molecule has 0 bridgehead atoms. The second-order valence-electron chi connectivity index (χ2n) is 3.72. The van der Waals surface area contributed by atoms with Crippen molar-refractivity contribution in [3.8, 4) is 11.5 Å². The van der Waals surface area contributed by atoms with Gasteiger partial charge in [-0.3, -0.25) is 4.98 Å². The lowest BCUT2D eigenvalue weighted by atomic mass is 10.2. The molecule has 0 spiro atoms. The van der Waals surface area contributed by atoms with Crippen molar-refractivity contribution >= 4 is 11.6 Å². The van der Waals surface area contributed by atoms with E-state index in [1.165, 1.54) is 5.56 Å². The van der Waals surface area contributed by atoms with Gasteiger partial charge in [0.2, 0.25) is 0 Å². The van der Waals surface area contributed by atoms with Gasteiger partial charge >= 0.3 is 0 Å². The summed E-state index contributed by atoms with van der Waals surface area (Å²) in [4.78, 5) is 4.11. The van der Waals surface area contributed by atoms with Crippen LogP contribution in [0.1, 0.15) is 18.2 Å². The quantitative estimate of drug-likeness (QED) is 0.757. The number of halogens is 1. The van der Waals surface area contributed by atoms with E-state index in [1.54, 1.807) is 6.20 Å². The minimum Gasteiger partial charge on any atom is -0.457 e. The van der Waals surface area contributed by atoms with Crippen molar-refractivity contribution in [3.05, 3.63) is 53.9 Å². The molecule has 2 aromatic rings. The first-order valence-electron chi connectivity index (χ1n) is 5.59. The third-order valence-corrected chi connectivity index (χ3v) is 2.77. The Labute approximate surface area is 106 Å². The van der Waals surface area contributed by atoms with Gasteiger partial charge < -0.3 is 4.74 Å². The third-order valence-electron chi connectivity index (χ3n) is 2.49. The van der Waals surface area contributed by atoms with Crippen LogP contribution in [-0.2, 0) is 12.3 Å². The second-order valence-corrected chi connectivity index (χ2v) is 3.98. The van der Waals surface area contributed by atoms with E-state index in [0.29, 0.717) is 5.88 Å². The van der Waals surface area contributed by atoms with E-state index in [-0.39, 0.29) is 0 Å². The highest BCUT2D eigenvalue weighted by Gasteiger charge is 1.99. The first-order chi connectivity index (χ1) is 8.31. The van der Waals surface area contributed by atoms with Crippen molar-refractivity contribution in [2.24, 2.45) is 0 Å². The SMILES string of the molecule is CCc1ccc(Oc2ccnc(CCl)c2)cc1. The summed E-state index contributed by atoms with van der Waals surface area (Å²) in [6, 6.07) is 11.8. The summed E-state index contributed by atoms with van der Waals surface area (Å²) in [6.07, 6.45) is 2.74. The molecular formula is C14H14ClNO. The molecule has 2 nitrogen and oxygen atoms in total. The Morgan fingerprint density at radius 2 is 1.88 bits per heavy atom. The largest absolute Gasteiger partial charge is 0.457 e. The van der Waals surface area contributed by atoms with E-state index >= 15 is 0 Å². The fourth-order valence-corrected chi connectivity index (χ4v) is 1.67. The predicted octanol–water partition coefficient (Wildman–Crippen LogP) is 4.18. The number of aromatic nitrogens is 1. The summed E-state index contributed by atoms with van der Waals surface area (Å²) < 4.78 is 5.72. The maximum absolute atomic E-state index is 5.72. The molecule has 0 aliphatic rings. The van der Waals surface area contributed by atoms with E-state index in [4.69, 9.17) is 16.3 Å². The van der Waals surface area contributed by atoms with Gasteiger partial charge in [-0.1, -0.05) is 19.1 Å². The molecule has 17 heavy (non-hydrogen) atoms. The lowest BCUT2D eigenvalue weighted by molar-refractivity contribution is 0.481. The first kappa shape index (κ1) is 11.9. The molecule has 0 saturated carbocycles. The zero-order valence-electron chi connectivity index (χ0n) is 9.69. The van der Waals surface area contributed by atoms with Crippen LogP contribution in [0.25, 0.3) is 0 Å². The van der Waals surface area contributed by atoms with Gasteiger partial charge in [0.05, 0.1) is 11.6 Å². The monoisotopic (exact) mass is 247 g/mol. The number of aryl methyl sites for hydroxylation is 1. The molecule has 3 heteroatoms. The molecule has 0 unspecified atom stereocenters. The van der Waals surface area contributed by atoms with Gasteiger partial charge in [0, 0.05) is 12.3 Å². The molecular weight excluding hydrogens is 234 g/mol. The Balaban J connectivity index is 2.13. The Morgan fingerprint density at radius 1 is 1.12 bits per heavy atom. The molecule has 0 fully saturated rings. The van der Waals surface area contributed by atoms with Crippen LogP contribution >= 0.6 is 11.6 Å². The van der Waals surface area contributed by atoms with Crippen molar-refractivity contribution in [2.75, 3.05) is 0 Å². The van der Waals surface area contributed by atoms with Crippen LogP contribution in [0, 0.1) is 0 Å². The number of nitrogens with zero attached hydrogens (tertiary/aromatic N) is 1. The van der Waals surface area contributed by atoms with Gasteiger partial charge in [0.1, 0.15) is 11.5 Å². The third kappa shape index (κ3) is 3.21. The van der Waals surface area contributed by atoms with Crippen molar-refractivity contribution in [3.63, 3.8) is 0 Å². The molecule has 1 heterocycles. The van der Waals surface area contributed by atoms with Gasteiger partial charge in [-0.15, -0.1) is 11.6 Å². The minimum atomic E-state index is 0.395. The molecule has 0 aliphatic carbocycles. The van der Waals surface area contributed by atoms with Crippen LogP contribution < -0.4 is 4.74 Å². The summed E-state index contributed by atoms with van der Waals surface area (Å²) in [7, 11) is 0. The van der Waals surface area contributed by atoms with Crippen molar-refractivity contribution in [2.45, 2.75) is 19.2 Å². The molecule has 1 aromatic heterocycles. The van der Waals surface area contributed by atoms with Gasteiger partial charge in [-0.2, -0.15) is 0 Å². The number of rotatable bonds is 4. The lowest BCUT2D eigenvalue weighted by Gasteiger charge is -2.06. The zero-order chi connectivity index (χ0) is 12.1. The summed E-state index contributed by atoms with van der Waals surface area (Å²) in [5.41, 5.74) is 2.11. The van der Waals surface area contributed by atoms with E-state index in [0.717, 1.165) is 23.6 Å². The van der Waals surface area contributed by atoms with Gasteiger partial charge in [-0.05, 0) is 30.2 Å². The standard InChI is InChI=1S/C14H14ClNO/c1-2-11-3-5-13(6-4-11)17-14-7-8-16-12(9-14)10-15/h3-9H,2,10H2,1H3. The molecule has 0 atom stereocenters. The van der Waals surface area contributed by atoms with Crippen molar-refractivity contribution in [1.82, 2.24) is 4.98 Å². The number of benzene rings is 1. The van der Waals surface area contributed by atoms with Crippen LogP contribution in [0.3, 0.4) is 0 Å². The normalized spacial score (nSPS) is 10.2. The number of hydrogen-bond donors (Lipinski definition) is 0. The second kappa shape index (κ2) is 5.69. The predicted molar refractivity (Wildman–Crippen MR) is 69.7 cm³/mol. The summed E-state index contributed by atoms with van der Waals surface area (Å²) in [5, 5.41) is 0. The summed E-state index contributed by atoms with van der Waals surface area (Å²) >= 11 is 5.72. The number of ether oxygens (including phenoxy) is 1. The Kier molecular flexibility index (Phi) is 3.99. The van der Waals surface area contributed by atoms with Gasteiger partial charge in [0.15, 0.2) is 0 Å². The molecule has 0 saturated heterocycles. The fraction of sp³-hybridized carbons (Fsp3) is 0.214. The molecule has 0 radical (unpaired) electrons. The maximum Gasteiger partial charge on any atom is 0.130 e. The van der Waals surface area contributed by atoms with E-state index in [1.807, 2.05) is 24.3 Å². The van der Waals surface area contributed by atoms with Crippen LogP contribution in [0.15, 0.2) is 42.6 Å². The summed E-state index contributed by atoms with van der Waals surface area (Å²) in [6.45, 7) is 2.13. The van der Waals surface area contributed by atoms with Gasteiger partial charge in [0.25, 0.3) is 0 Å². The lowest BCUT2D eigenvalue weighted by Crippen LogP contribution is -1.89. The highest BCUT2D eigenvalue weighted by atomic mass is 35.5. The smallest absolute Gasteiger partial charge is 0.130 e. The summed E-state index contributed by atoms with van der Waals surface area (Å²) in [5.74, 6) is 1.99. The molecule has 2 rings (SSSR count). The zero-order valence-corrected chi connectivity index (χ0v) is 10.4. The van der Waals surface area contributed by atoms with E-state index in [2.05, 4.69) is 24.0 Å². The minimum absolute atomic E-state index is 0.395. The number of pyridine rings is 1. The van der Waals surface area contributed by atoms with E-state index in [9.17, 15) is 0 Å². The van der Waals surface area contributed by atoms with Crippen molar-refractivity contribution in [1.29, 1.82) is 0 Å². The topological polar surface area (TPSA) is 22.1 Å². The van der Waals surface area contributed by atoms with E-state index < -0.39 is 0 Å². The first-order valence-corrected chi connectivity index (χ1v) is 6.13. The van der Waals surface area contributed by atoms with Crippen LogP contribution in [0.4, 0.5) is 0 Å². The Bertz CT molecular complexity index is 482. The Hall–Kier alpha value is -1.54. The number of alkyl halides is 1. The van der Waals surface area contributed by atoms with Crippen molar-refractivity contribution < 1.29 is 4.74 Å². The highest BCUT2D eigenvalue weighted by molar-refractivity contribution is 6.16. The maximum atomic E-state index is 5.72. The molecule has 0 aliphatic heterocycles. The fourth-order valence-electron chi connectivity index (χ4n) is 1.52. The highest BCUT2D eigenvalue weighted by Crippen LogP contribution is 2.22. The van der Waals surface area contributed by atoms with Crippen LogP contribution in [-0.4, -0.2) is 4.98 Å². The molecule has 1 aromatic carbocycles. The van der Waals surface area contributed by atoms with Crippen LogP contribution in [0.5, 0.6) is 11.5 Å².